The third-order valence-electron chi connectivity index (χ3n) is 3.76. The molecule has 1 atom stereocenters. The zero-order valence-electron chi connectivity index (χ0n) is 13.0. The van der Waals surface area contributed by atoms with Gasteiger partial charge in [-0.2, -0.15) is 0 Å². The van der Waals surface area contributed by atoms with Crippen molar-refractivity contribution in [2.75, 3.05) is 6.61 Å². The number of fused-ring (bicyclic) bond motifs is 1. The number of carbonyl (C=O) groups is 1. The maximum absolute atomic E-state index is 11.7. The Morgan fingerprint density at radius 1 is 1.23 bits per heavy atom. The lowest BCUT2D eigenvalue weighted by atomic mass is 9.97. The lowest BCUT2D eigenvalue weighted by Crippen LogP contribution is -2.12. The van der Waals surface area contributed by atoms with Crippen molar-refractivity contribution < 1.29 is 9.53 Å². The first-order valence-corrected chi connectivity index (χ1v) is 7.63. The quantitative estimate of drug-likeness (QED) is 0.704. The molecule has 2 nitrogen and oxygen atoms in total. The molecule has 0 N–H and O–H groups in total. The summed E-state index contributed by atoms with van der Waals surface area (Å²) in [5, 5.41) is 0. The van der Waals surface area contributed by atoms with Crippen molar-refractivity contribution in [3.8, 4) is 0 Å². The van der Waals surface area contributed by atoms with E-state index in [1.54, 1.807) is 12.2 Å². The van der Waals surface area contributed by atoms with Crippen LogP contribution in [-0.4, -0.2) is 12.6 Å². The summed E-state index contributed by atoms with van der Waals surface area (Å²) in [4.78, 5) is 11.7. The predicted octanol–water partition coefficient (Wildman–Crippen LogP) is 4.81. The fourth-order valence-electron chi connectivity index (χ4n) is 2.83. The molecule has 22 heavy (non-hydrogen) atoms. The highest BCUT2D eigenvalue weighted by molar-refractivity contribution is 5.89. The summed E-state index contributed by atoms with van der Waals surface area (Å²) in [5.41, 5.74) is 4.61. The molecule has 0 saturated carbocycles. The Balaban J connectivity index is 2.36. The molecule has 114 valence electrons. The largest absolute Gasteiger partial charge is 0.465 e. The van der Waals surface area contributed by atoms with Gasteiger partial charge in [0, 0.05) is 12.3 Å². The Kier molecular flexibility index (Phi) is 5.54. The lowest BCUT2D eigenvalue weighted by Gasteiger charge is -2.14. The minimum absolute atomic E-state index is 0.0567. The Morgan fingerprint density at radius 2 is 1.95 bits per heavy atom. The van der Waals surface area contributed by atoms with Gasteiger partial charge >= 0.3 is 5.97 Å². The van der Waals surface area contributed by atoms with Crippen LogP contribution in [0.2, 0.25) is 0 Å². The maximum atomic E-state index is 11.7. The molecule has 1 aliphatic carbocycles. The summed E-state index contributed by atoms with van der Waals surface area (Å²) >= 11 is 0. The van der Waals surface area contributed by atoms with Crippen LogP contribution in [0.3, 0.4) is 0 Å². The maximum Gasteiger partial charge on any atom is 0.305 e. The van der Waals surface area contributed by atoms with Crippen LogP contribution in [0, 0.1) is 0 Å². The first kappa shape index (κ1) is 16.0. The molecular weight excluding hydrogens is 272 g/mol. The normalized spacial score (nSPS) is 20.0. The molecule has 0 amide bonds. The van der Waals surface area contributed by atoms with Gasteiger partial charge in [0.25, 0.3) is 0 Å². The van der Waals surface area contributed by atoms with Crippen LogP contribution in [0.5, 0.6) is 0 Å². The highest BCUT2D eigenvalue weighted by Crippen LogP contribution is 2.45. The summed E-state index contributed by atoms with van der Waals surface area (Å²) in [6.07, 6.45) is 8.82. The molecule has 0 bridgehead atoms. The number of benzene rings is 1. The Morgan fingerprint density at radius 3 is 2.64 bits per heavy atom. The van der Waals surface area contributed by atoms with Gasteiger partial charge in [-0.05, 0) is 28.7 Å². The molecule has 0 heterocycles. The van der Waals surface area contributed by atoms with Crippen molar-refractivity contribution in [2.24, 2.45) is 0 Å². The van der Waals surface area contributed by atoms with E-state index in [1.165, 1.54) is 11.1 Å². The first-order chi connectivity index (χ1) is 10.7. The average molecular weight is 294 g/mol. The second-order valence-corrected chi connectivity index (χ2v) is 5.25. The van der Waals surface area contributed by atoms with E-state index in [-0.39, 0.29) is 11.9 Å². The van der Waals surface area contributed by atoms with Crippen molar-refractivity contribution in [1.82, 2.24) is 0 Å². The van der Waals surface area contributed by atoms with Crippen molar-refractivity contribution in [2.45, 2.75) is 25.7 Å². The van der Waals surface area contributed by atoms with Gasteiger partial charge in [-0.3, -0.25) is 4.79 Å². The number of carbonyl (C=O) groups excluding carboxylic acids is 1. The predicted molar refractivity (Wildman–Crippen MR) is 91.5 cm³/mol. The highest BCUT2D eigenvalue weighted by Gasteiger charge is 2.31. The van der Waals surface area contributed by atoms with Crippen molar-refractivity contribution in [3.05, 3.63) is 78.4 Å². The number of hydrogen-bond donors (Lipinski definition) is 0. The van der Waals surface area contributed by atoms with Crippen LogP contribution in [0.4, 0.5) is 0 Å². The van der Waals surface area contributed by atoms with E-state index in [1.807, 2.05) is 31.2 Å². The number of allylic oxidation sites excluding steroid dienone is 5. The van der Waals surface area contributed by atoms with E-state index in [2.05, 4.69) is 25.3 Å². The van der Waals surface area contributed by atoms with Gasteiger partial charge in [0.2, 0.25) is 0 Å². The smallest absolute Gasteiger partial charge is 0.305 e. The third kappa shape index (κ3) is 3.28. The molecule has 0 saturated heterocycles. The number of ether oxygens (including phenoxy) is 1. The second kappa shape index (κ2) is 7.60. The van der Waals surface area contributed by atoms with Gasteiger partial charge in [-0.1, -0.05) is 68.7 Å². The van der Waals surface area contributed by atoms with E-state index in [4.69, 9.17) is 4.74 Å². The number of esters is 1. The highest BCUT2D eigenvalue weighted by atomic mass is 16.5. The van der Waals surface area contributed by atoms with Gasteiger partial charge in [-0.25, -0.2) is 0 Å². The molecule has 0 fully saturated rings. The molecular formula is C20H22O2. The van der Waals surface area contributed by atoms with E-state index < -0.39 is 0 Å². The van der Waals surface area contributed by atoms with Gasteiger partial charge in [0.05, 0.1) is 0 Å². The molecule has 0 aromatic heterocycles. The van der Waals surface area contributed by atoms with Crippen LogP contribution < -0.4 is 0 Å². The van der Waals surface area contributed by atoms with Crippen LogP contribution in [0.15, 0.2) is 67.3 Å². The van der Waals surface area contributed by atoms with Crippen LogP contribution in [0.25, 0.3) is 5.57 Å². The molecule has 0 spiro atoms. The molecule has 2 rings (SSSR count). The lowest BCUT2D eigenvalue weighted by molar-refractivity contribution is -0.143. The molecule has 0 radical (unpaired) electrons. The van der Waals surface area contributed by atoms with Crippen LogP contribution in [-0.2, 0) is 9.53 Å². The summed E-state index contributed by atoms with van der Waals surface area (Å²) in [5.74, 6) is -0.0831. The van der Waals surface area contributed by atoms with Crippen molar-refractivity contribution in [1.29, 1.82) is 0 Å². The Bertz CT molecular complexity index is 635. The van der Waals surface area contributed by atoms with E-state index in [0.717, 1.165) is 17.6 Å². The molecule has 2 heteroatoms. The zero-order valence-corrected chi connectivity index (χ0v) is 13.0. The minimum atomic E-state index is -0.140. The SMILES string of the molecule is C=CC=C1/C(=C\C=C)c2ccccc2C1COC(=O)CCC. The molecule has 1 unspecified atom stereocenters. The fraction of sp³-hybridized carbons (Fsp3) is 0.250. The summed E-state index contributed by atoms with van der Waals surface area (Å²) in [6, 6.07) is 8.22. The topological polar surface area (TPSA) is 26.3 Å². The standard InChI is InChI=1S/C20H22O2/c1-4-9-15-16(10-5-2)19(14-22-20(21)11-6-3)18-13-8-7-12-17(15)18/h4-5,7-10,12-13,19H,1-2,6,11,14H2,3H3/b15-9+,16-10?. The van der Waals surface area contributed by atoms with Gasteiger partial charge in [-0.15, -0.1) is 0 Å². The molecule has 1 aromatic carbocycles. The van der Waals surface area contributed by atoms with Crippen LogP contribution in [0.1, 0.15) is 36.8 Å². The van der Waals surface area contributed by atoms with E-state index in [0.29, 0.717) is 13.0 Å². The summed E-state index contributed by atoms with van der Waals surface area (Å²) in [6.45, 7) is 9.94. The van der Waals surface area contributed by atoms with Crippen LogP contribution >= 0.6 is 0 Å². The Hall–Kier alpha value is -2.35. The van der Waals surface area contributed by atoms with Gasteiger partial charge in [0.15, 0.2) is 0 Å². The van der Waals surface area contributed by atoms with Crippen molar-refractivity contribution >= 4 is 11.5 Å². The summed E-state index contributed by atoms with van der Waals surface area (Å²) in [7, 11) is 0. The molecule has 1 aromatic rings. The third-order valence-corrected chi connectivity index (χ3v) is 3.76. The number of hydrogen-bond acceptors (Lipinski definition) is 2. The minimum Gasteiger partial charge on any atom is -0.465 e. The number of rotatable bonds is 6. The first-order valence-electron chi connectivity index (χ1n) is 7.63. The Labute approximate surface area is 132 Å². The van der Waals surface area contributed by atoms with Crippen molar-refractivity contribution in [3.63, 3.8) is 0 Å². The zero-order chi connectivity index (χ0) is 15.9. The van der Waals surface area contributed by atoms with Gasteiger partial charge in [0.1, 0.15) is 6.61 Å². The molecule has 0 aliphatic heterocycles. The van der Waals surface area contributed by atoms with Gasteiger partial charge < -0.3 is 4.74 Å². The fourth-order valence-corrected chi connectivity index (χ4v) is 2.83. The second-order valence-electron chi connectivity index (χ2n) is 5.25. The van der Waals surface area contributed by atoms with E-state index >= 15 is 0 Å². The average Bonchev–Trinajstić information content (AvgIpc) is 2.80. The summed E-state index contributed by atoms with van der Waals surface area (Å²) < 4.78 is 5.46. The van der Waals surface area contributed by atoms with E-state index in [9.17, 15) is 4.79 Å². The molecule has 1 aliphatic rings. The monoisotopic (exact) mass is 294 g/mol.